The molecule has 0 aliphatic rings. The second-order valence-corrected chi connectivity index (χ2v) is 5.54. The Balaban J connectivity index is 0.000000165. The molecule has 0 saturated carbocycles. The molecule has 88 valence electrons. The van der Waals surface area contributed by atoms with E-state index in [1.54, 1.807) is 26.4 Å². The number of hydrogen-bond donors (Lipinski definition) is 0. The Kier molecular flexibility index (Phi) is 4.98. The molecular weight excluding hydrogens is 268 g/mol. The molecule has 4 nitrogen and oxygen atoms in total. The fraction of sp³-hybridized carbons (Fsp3) is 0.333. The molecule has 2 rings (SSSR count). The lowest BCUT2D eigenvalue weighted by Gasteiger charge is -1.87. The third-order valence-electron chi connectivity index (χ3n) is 1.71. The molecule has 0 amide bonds. The van der Waals surface area contributed by atoms with Gasteiger partial charge in [0.25, 0.3) is 11.1 Å². The summed E-state index contributed by atoms with van der Waals surface area (Å²) >= 11 is 8.23. The molecule has 0 aliphatic carbocycles. The van der Waals surface area contributed by atoms with Crippen molar-refractivity contribution in [3.05, 3.63) is 42.6 Å². The van der Waals surface area contributed by atoms with Crippen LogP contribution in [0.3, 0.4) is 0 Å². The molecule has 0 saturated heterocycles. The van der Waals surface area contributed by atoms with Crippen LogP contribution in [0.1, 0.15) is 6.92 Å². The van der Waals surface area contributed by atoms with Crippen molar-refractivity contribution in [3.63, 3.8) is 0 Å². The van der Waals surface area contributed by atoms with Crippen LogP contribution in [0, 0.1) is 0 Å². The first-order chi connectivity index (χ1) is 7.54. The van der Waals surface area contributed by atoms with Gasteiger partial charge in [-0.15, -0.1) is 0 Å². The maximum absolute atomic E-state index is 10.8. The van der Waals surface area contributed by atoms with E-state index in [9.17, 15) is 9.59 Å². The van der Waals surface area contributed by atoms with Crippen LogP contribution in [0.4, 0.5) is 0 Å². The predicted molar refractivity (Wildman–Crippen MR) is 68.8 cm³/mol. The molecule has 7 heteroatoms. The molecule has 0 radical (unpaired) electrons. The van der Waals surface area contributed by atoms with E-state index >= 15 is 0 Å². The third-order valence-corrected chi connectivity index (χ3v) is 3.73. The van der Waals surface area contributed by atoms with Gasteiger partial charge in [-0.1, -0.05) is 23.1 Å². The molecule has 2 heterocycles. The van der Waals surface area contributed by atoms with Crippen LogP contribution < -0.4 is 11.1 Å². The van der Waals surface area contributed by atoms with Gasteiger partial charge in [-0.05, 0) is 18.5 Å². The molecule has 0 aromatic carbocycles. The van der Waals surface area contributed by atoms with E-state index in [-0.39, 0.29) is 11.1 Å². The van der Waals surface area contributed by atoms with Crippen LogP contribution in [0.25, 0.3) is 0 Å². The maximum atomic E-state index is 10.8. The molecular formula is C9H11ClN2O2S2. The van der Waals surface area contributed by atoms with Gasteiger partial charge < -0.3 is 0 Å². The van der Waals surface area contributed by atoms with E-state index in [0.29, 0.717) is 10.9 Å². The molecule has 16 heavy (non-hydrogen) atoms. The van der Waals surface area contributed by atoms with E-state index in [4.69, 9.17) is 11.6 Å². The maximum Gasteiger partial charge on any atom is 0.262 e. The second-order valence-electron chi connectivity index (χ2n) is 2.82. The first-order valence-electron chi connectivity index (χ1n) is 4.52. The van der Waals surface area contributed by atoms with Crippen molar-refractivity contribution in [2.24, 2.45) is 7.05 Å². The van der Waals surface area contributed by atoms with Gasteiger partial charge in [-0.25, -0.2) is 0 Å². The van der Waals surface area contributed by atoms with E-state index in [2.05, 4.69) is 0 Å². The molecule has 0 unspecified atom stereocenters. The van der Waals surface area contributed by atoms with Gasteiger partial charge in [-0.2, -0.15) is 0 Å². The number of aromatic nitrogens is 2. The zero-order chi connectivity index (χ0) is 12.1. The van der Waals surface area contributed by atoms with Crippen molar-refractivity contribution in [1.29, 1.82) is 0 Å². The largest absolute Gasteiger partial charge is 0.268 e. The average Bonchev–Trinajstić information content (AvgIpc) is 2.75. The molecule has 0 atom stereocenters. The van der Waals surface area contributed by atoms with Crippen molar-refractivity contribution in [2.75, 3.05) is 0 Å². The third kappa shape index (κ3) is 3.62. The summed E-state index contributed by atoms with van der Waals surface area (Å²) in [7, 11) is 1.74. The van der Waals surface area contributed by atoms with Gasteiger partial charge in [-0.3, -0.25) is 17.5 Å². The van der Waals surface area contributed by atoms with E-state index in [1.165, 1.54) is 29.1 Å². The summed E-state index contributed by atoms with van der Waals surface area (Å²) in [4.78, 5) is 21.2. The van der Waals surface area contributed by atoms with Crippen LogP contribution in [-0.2, 0) is 13.6 Å². The van der Waals surface area contributed by atoms with Gasteiger partial charge >= 0.3 is 0 Å². The molecule has 2 aromatic heterocycles. The first kappa shape index (κ1) is 13.2. The highest BCUT2D eigenvalue weighted by Crippen LogP contribution is 2.11. The molecule has 0 spiro atoms. The highest BCUT2D eigenvalue weighted by atomic mass is 35.5. The lowest BCUT2D eigenvalue weighted by Crippen LogP contribution is -2.09. The Bertz CT molecular complexity index is 552. The predicted octanol–water partition coefficient (Wildman–Crippen LogP) is 2.03. The summed E-state index contributed by atoms with van der Waals surface area (Å²) in [6.07, 6.45) is 0. The second kappa shape index (κ2) is 6.03. The van der Waals surface area contributed by atoms with Crippen molar-refractivity contribution < 1.29 is 0 Å². The minimum atomic E-state index is -0.00694. The normalized spacial score (nSPS) is 9.69. The Morgan fingerprint density at radius 3 is 2.25 bits per heavy atom. The SMILES string of the molecule is CCn1sc(Cl)cc1=O.Cn1sccc1=O. The van der Waals surface area contributed by atoms with Gasteiger partial charge in [0.1, 0.15) is 4.34 Å². The molecule has 0 aliphatic heterocycles. The van der Waals surface area contributed by atoms with E-state index in [1.807, 2.05) is 6.92 Å². The minimum Gasteiger partial charge on any atom is -0.268 e. The number of aryl methyl sites for hydroxylation is 2. The van der Waals surface area contributed by atoms with E-state index < -0.39 is 0 Å². The van der Waals surface area contributed by atoms with E-state index in [0.717, 1.165) is 0 Å². The average molecular weight is 279 g/mol. The van der Waals surface area contributed by atoms with Crippen molar-refractivity contribution in [2.45, 2.75) is 13.5 Å². The molecule has 0 N–H and O–H groups in total. The van der Waals surface area contributed by atoms with Crippen molar-refractivity contribution in [3.8, 4) is 0 Å². The lowest BCUT2D eigenvalue weighted by molar-refractivity contribution is 0.810. The van der Waals surface area contributed by atoms with Crippen molar-refractivity contribution >= 4 is 34.7 Å². The zero-order valence-corrected chi connectivity index (χ0v) is 11.2. The summed E-state index contributed by atoms with van der Waals surface area (Å²) in [5.74, 6) is 0. The summed E-state index contributed by atoms with van der Waals surface area (Å²) in [6.45, 7) is 2.62. The Morgan fingerprint density at radius 2 is 2.06 bits per heavy atom. The molecule has 0 bridgehead atoms. The minimum absolute atomic E-state index is 0.00694. The fourth-order valence-electron chi connectivity index (χ4n) is 0.903. The van der Waals surface area contributed by atoms with Gasteiger partial charge in [0.2, 0.25) is 0 Å². The lowest BCUT2D eigenvalue weighted by atomic mass is 10.7. The smallest absolute Gasteiger partial charge is 0.262 e. The fourth-order valence-corrected chi connectivity index (χ4v) is 2.41. The summed E-state index contributed by atoms with van der Waals surface area (Å²) in [5.41, 5.74) is 0.0671. The highest BCUT2D eigenvalue weighted by Gasteiger charge is 1.97. The van der Waals surface area contributed by atoms with Crippen molar-refractivity contribution in [1.82, 2.24) is 7.91 Å². The Labute approximate surface area is 106 Å². The summed E-state index contributed by atoms with van der Waals surface area (Å²) in [6, 6.07) is 2.97. The zero-order valence-electron chi connectivity index (χ0n) is 8.84. The standard InChI is InChI=1S/C5H6ClNOS.C4H5NOS/c1-2-7-5(8)3-4(6)9-7;1-5-4(6)2-3-7-5/h3H,2H2,1H3;2-3H,1H3. The number of rotatable bonds is 1. The van der Waals surface area contributed by atoms with Gasteiger partial charge in [0.15, 0.2) is 0 Å². The van der Waals surface area contributed by atoms with Crippen LogP contribution in [0.15, 0.2) is 27.1 Å². The topological polar surface area (TPSA) is 44.0 Å². The highest BCUT2D eigenvalue weighted by molar-refractivity contribution is 7.11. The summed E-state index contributed by atoms with van der Waals surface area (Å²) in [5, 5.41) is 1.77. The van der Waals surface area contributed by atoms with Gasteiger partial charge in [0, 0.05) is 31.1 Å². The first-order valence-corrected chi connectivity index (χ1v) is 6.51. The quantitative estimate of drug-likeness (QED) is 0.801. The molecule has 0 fully saturated rings. The van der Waals surface area contributed by atoms with Crippen LogP contribution in [0.2, 0.25) is 4.34 Å². The van der Waals surface area contributed by atoms with Crippen LogP contribution in [0.5, 0.6) is 0 Å². The number of nitrogens with zero attached hydrogens (tertiary/aromatic N) is 2. The van der Waals surface area contributed by atoms with Crippen LogP contribution >= 0.6 is 34.7 Å². The Hall–Kier alpha value is -0.850. The van der Waals surface area contributed by atoms with Crippen LogP contribution in [-0.4, -0.2) is 7.91 Å². The Morgan fingerprint density at radius 1 is 1.38 bits per heavy atom. The number of halogens is 1. The number of hydrogen-bond acceptors (Lipinski definition) is 4. The summed E-state index contributed by atoms with van der Waals surface area (Å²) < 4.78 is 3.73. The molecule has 2 aromatic rings. The van der Waals surface area contributed by atoms with Gasteiger partial charge in [0.05, 0.1) is 0 Å². The monoisotopic (exact) mass is 278 g/mol.